The van der Waals surface area contributed by atoms with Crippen LogP contribution in [0.3, 0.4) is 0 Å². The van der Waals surface area contributed by atoms with Crippen molar-refractivity contribution in [3.8, 4) is 17.1 Å². The summed E-state index contributed by atoms with van der Waals surface area (Å²) in [7, 11) is 0. The van der Waals surface area contributed by atoms with Crippen LogP contribution in [-0.4, -0.2) is 38.4 Å². The Kier molecular flexibility index (Phi) is 6.72. The first-order chi connectivity index (χ1) is 16.8. The molecule has 0 spiro atoms. The molecular weight excluding hydrogens is 456 g/mol. The Bertz CT molecular complexity index is 1380. The molecule has 0 radical (unpaired) electrons. The van der Waals surface area contributed by atoms with Crippen molar-refractivity contribution in [2.75, 3.05) is 0 Å². The van der Waals surface area contributed by atoms with Crippen molar-refractivity contribution in [3.05, 3.63) is 102 Å². The number of amides is 2. The number of hydrogen-bond acceptors (Lipinski definition) is 5. The number of halogens is 2. The zero-order chi connectivity index (χ0) is 24.9. The van der Waals surface area contributed by atoms with E-state index in [9.17, 15) is 23.2 Å². The van der Waals surface area contributed by atoms with E-state index in [1.165, 1.54) is 41.3 Å². The molecule has 3 N–H and O–H groups in total. The fraction of sp³-hybridized carbons (Fsp3) is 0.0800. The maximum atomic E-state index is 14.2. The van der Waals surface area contributed by atoms with E-state index in [0.717, 1.165) is 12.1 Å². The molecule has 0 saturated carbocycles. The summed E-state index contributed by atoms with van der Waals surface area (Å²) >= 11 is 0. The lowest BCUT2D eigenvalue weighted by Gasteiger charge is -2.17. The summed E-state index contributed by atoms with van der Waals surface area (Å²) in [5.41, 5.74) is 5.60. The summed E-state index contributed by atoms with van der Waals surface area (Å²) < 4.78 is 29.6. The Balaban J connectivity index is 1.64. The van der Waals surface area contributed by atoms with Gasteiger partial charge in [0.25, 0.3) is 11.8 Å². The molecule has 2 aromatic carbocycles. The highest BCUT2D eigenvalue weighted by molar-refractivity contribution is 6.38. The fourth-order valence-electron chi connectivity index (χ4n) is 3.54. The van der Waals surface area contributed by atoms with Crippen molar-refractivity contribution in [1.29, 1.82) is 0 Å². The smallest absolute Gasteiger partial charge is 0.287 e. The number of nitrogens with zero attached hydrogens (tertiary/aromatic N) is 3. The highest BCUT2D eigenvalue weighted by atomic mass is 19.1. The molecule has 0 aliphatic heterocycles. The second-order valence-corrected chi connectivity index (χ2v) is 7.56. The van der Waals surface area contributed by atoms with Gasteiger partial charge in [-0.15, -0.1) is 0 Å². The van der Waals surface area contributed by atoms with Crippen LogP contribution < -0.4 is 11.1 Å². The minimum atomic E-state index is -1.21. The van der Waals surface area contributed by atoms with Crippen LogP contribution in [-0.2, 0) is 16.0 Å². The molecule has 0 fully saturated rings. The first-order valence-electron chi connectivity index (χ1n) is 10.5. The molecule has 2 heterocycles. The zero-order valence-electron chi connectivity index (χ0n) is 18.2. The minimum Gasteiger partial charge on any atom is -0.363 e. The lowest BCUT2D eigenvalue weighted by atomic mass is 10.0. The van der Waals surface area contributed by atoms with Crippen molar-refractivity contribution in [1.82, 2.24) is 20.1 Å². The number of ketones is 1. The number of carbonyl (C=O) groups is 3. The van der Waals surface area contributed by atoms with Gasteiger partial charge < -0.3 is 11.1 Å². The van der Waals surface area contributed by atoms with E-state index in [4.69, 9.17) is 5.73 Å². The summed E-state index contributed by atoms with van der Waals surface area (Å²) in [6.45, 7) is 0. The number of nitrogens with one attached hydrogen (secondary N) is 1. The van der Waals surface area contributed by atoms with Gasteiger partial charge in [0.15, 0.2) is 5.82 Å². The van der Waals surface area contributed by atoms with Gasteiger partial charge in [-0.2, -0.15) is 5.10 Å². The van der Waals surface area contributed by atoms with E-state index in [2.05, 4.69) is 15.4 Å². The second-order valence-electron chi connectivity index (χ2n) is 7.56. The van der Waals surface area contributed by atoms with Gasteiger partial charge in [0.1, 0.15) is 17.7 Å². The number of primary amides is 1. The van der Waals surface area contributed by atoms with E-state index in [0.29, 0.717) is 5.56 Å². The molecule has 4 aromatic rings. The lowest BCUT2D eigenvalue weighted by molar-refractivity contribution is -0.137. The summed E-state index contributed by atoms with van der Waals surface area (Å²) in [5.74, 6) is -4.37. The normalized spacial score (nSPS) is 11.6. The SMILES string of the molecule is NC(=O)C(=O)C(Cc1ccccc1)NC(=O)c1cccnc1-n1ccc(-c2c(F)cccc2F)n1. The van der Waals surface area contributed by atoms with Crippen LogP contribution in [0.15, 0.2) is 79.1 Å². The third-order valence-electron chi connectivity index (χ3n) is 5.20. The Morgan fingerprint density at radius 2 is 1.66 bits per heavy atom. The molecule has 1 atom stereocenters. The van der Waals surface area contributed by atoms with Crippen molar-refractivity contribution in [2.24, 2.45) is 5.73 Å². The third kappa shape index (κ3) is 5.11. The van der Waals surface area contributed by atoms with Gasteiger partial charge in [-0.05, 0) is 35.9 Å². The highest BCUT2D eigenvalue weighted by Crippen LogP contribution is 2.25. The number of pyridine rings is 1. The van der Waals surface area contributed by atoms with Crippen LogP contribution in [0, 0.1) is 11.6 Å². The van der Waals surface area contributed by atoms with E-state index in [1.807, 2.05) is 0 Å². The van der Waals surface area contributed by atoms with Gasteiger partial charge in [0.2, 0.25) is 5.78 Å². The molecule has 176 valence electrons. The van der Waals surface area contributed by atoms with Gasteiger partial charge in [-0.1, -0.05) is 36.4 Å². The monoisotopic (exact) mass is 475 g/mol. The number of nitrogens with two attached hydrogens (primary N) is 1. The van der Waals surface area contributed by atoms with E-state index < -0.39 is 35.3 Å². The molecule has 4 rings (SSSR count). The molecular formula is C25H19F2N5O3. The molecule has 0 saturated heterocycles. The minimum absolute atomic E-state index is 0.00321. The lowest BCUT2D eigenvalue weighted by Crippen LogP contribution is -2.47. The van der Waals surface area contributed by atoms with Gasteiger partial charge in [0.05, 0.1) is 16.8 Å². The average Bonchev–Trinajstić information content (AvgIpc) is 3.33. The largest absolute Gasteiger partial charge is 0.363 e. The van der Waals surface area contributed by atoms with Crippen molar-refractivity contribution < 1.29 is 23.2 Å². The van der Waals surface area contributed by atoms with Gasteiger partial charge in [-0.25, -0.2) is 18.4 Å². The maximum Gasteiger partial charge on any atom is 0.287 e. The van der Waals surface area contributed by atoms with E-state index in [1.54, 1.807) is 30.3 Å². The molecule has 8 nitrogen and oxygen atoms in total. The average molecular weight is 475 g/mol. The van der Waals surface area contributed by atoms with Crippen LogP contribution >= 0.6 is 0 Å². The number of rotatable bonds is 8. The zero-order valence-corrected chi connectivity index (χ0v) is 18.2. The Labute approximate surface area is 198 Å². The number of Topliss-reactive ketones (excluding diaryl/α,β-unsaturated/α-hetero) is 1. The maximum absolute atomic E-state index is 14.2. The Morgan fingerprint density at radius 3 is 2.34 bits per heavy atom. The van der Waals surface area contributed by atoms with Crippen LogP contribution in [0.2, 0.25) is 0 Å². The number of hydrogen-bond donors (Lipinski definition) is 2. The van der Waals surface area contributed by atoms with Gasteiger partial charge >= 0.3 is 0 Å². The standard InChI is InChI=1S/C25H19F2N5O3/c26-17-9-4-10-18(27)21(17)19-11-13-32(31-19)24-16(8-5-12-29-24)25(35)30-20(22(33)23(28)34)14-15-6-2-1-3-7-15/h1-13,20H,14H2,(H2,28,34)(H,30,35). The van der Waals surface area contributed by atoms with Gasteiger partial charge in [-0.3, -0.25) is 14.4 Å². The summed E-state index contributed by atoms with van der Waals surface area (Å²) in [6, 6.07) is 15.4. The summed E-state index contributed by atoms with van der Waals surface area (Å²) in [6.07, 6.45) is 2.85. The fourth-order valence-corrected chi connectivity index (χ4v) is 3.54. The molecule has 0 bridgehead atoms. The Hall–Kier alpha value is -4.73. The first kappa shape index (κ1) is 23.4. The molecule has 35 heavy (non-hydrogen) atoms. The predicted octanol–water partition coefficient (Wildman–Crippen LogP) is 2.61. The highest BCUT2D eigenvalue weighted by Gasteiger charge is 2.27. The topological polar surface area (TPSA) is 120 Å². The van der Waals surface area contributed by atoms with Crippen LogP contribution in [0.4, 0.5) is 8.78 Å². The summed E-state index contributed by atoms with van der Waals surface area (Å²) in [4.78, 5) is 41.3. The third-order valence-corrected chi connectivity index (χ3v) is 5.20. The summed E-state index contributed by atoms with van der Waals surface area (Å²) in [5, 5.41) is 6.72. The number of carbonyl (C=O) groups excluding carboxylic acids is 3. The number of benzene rings is 2. The molecule has 1 unspecified atom stereocenters. The van der Waals surface area contributed by atoms with Crippen LogP contribution in [0.25, 0.3) is 17.1 Å². The predicted molar refractivity (Wildman–Crippen MR) is 122 cm³/mol. The van der Waals surface area contributed by atoms with Crippen LogP contribution in [0.1, 0.15) is 15.9 Å². The van der Waals surface area contributed by atoms with Crippen molar-refractivity contribution in [3.63, 3.8) is 0 Å². The Morgan fingerprint density at radius 1 is 0.943 bits per heavy atom. The van der Waals surface area contributed by atoms with E-state index in [-0.39, 0.29) is 29.1 Å². The van der Waals surface area contributed by atoms with Crippen molar-refractivity contribution >= 4 is 17.6 Å². The molecule has 0 aliphatic carbocycles. The molecule has 10 heteroatoms. The number of aromatic nitrogens is 3. The first-order valence-corrected chi connectivity index (χ1v) is 10.5. The van der Waals surface area contributed by atoms with Crippen LogP contribution in [0.5, 0.6) is 0 Å². The van der Waals surface area contributed by atoms with E-state index >= 15 is 0 Å². The molecule has 0 aliphatic rings. The van der Waals surface area contributed by atoms with Crippen molar-refractivity contribution in [2.45, 2.75) is 12.5 Å². The molecule has 2 aromatic heterocycles. The quantitative estimate of drug-likeness (QED) is 0.380. The second kappa shape index (κ2) is 10.0. The van der Waals surface area contributed by atoms with Gasteiger partial charge in [0, 0.05) is 18.8 Å². The molecule has 2 amide bonds.